The fourth-order valence-corrected chi connectivity index (χ4v) is 1.13. The molecule has 0 fully saturated rings. The zero-order valence-electron chi connectivity index (χ0n) is 5.76. The molecular formula is C5H5BrF2N4. The Bertz CT molecular complexity index is 280. The second kappa shape index (κ2) is 3.72. The third-order valence-electron chi connectivity index (χ3n) is 1.16. The maximum atomic E-state index is 12.2. The zero-order chi connectivity index (χ0) is 9.14. The van der Waals surface area contributed by atoms with Crippen molar-refractivity contribution in [3.8, 4) is 0 Å². The number of halogens is 3. The van der Waals surface area contributed by atoms with E-state index in [2.05, 4.69) is 31.3 Å². The van der Waals surface area contributed by atoms with Crippen LogP contribution in [-0.4, -0.2) is 9.97 Å². The van der Waals surface area contributed by atoms with Crippen LogP contribution >= 0.6 is 15.9 Å². The van der Waals surface area contributed by atoms with E-state index in [4.69, 9.17) is 5.84 Å². The molecule has 0 amide bonds. The Morgan fingerprint density at radius 2 is 2.17 bits per heavy atom. The highest BCUT2D eigenvalue weighted by Gasteiger charge is 2.16. The number of hydrogen-bond acceptors (Lipinski definition) is 4. The van der Waals surface area contributed by atoms with E-state index < -0.39 is 6.43 Å². The minimum Gasteiger partial charge on any atom is -0.307 e. The lowest BCUT2D eigenvalue weighted by Gasteiger charge is -2.05. The van der Waals surface area contributed by atoms with Crippen LogP contribution < -0.4 is 11.3 Å². The Hall–Kier alpha value is -0.820. The second-order valence-corrected chi connectivity index (χ2v) is 2.66. The Kier molecular flexibility index (Phi) is 2.88. The number of hydrogen-bond donors (Lipinski definition) is 2. The van der Waals surface area contributed by atoms with Crippen LogP contribution in [0.15, 0.2) is 10.8 Å². The average molecular weight is 239 g/mol. The molecule has 0 aliphatic carbocycles. The number of nitrogens with zero attached hydrogens (tertiary/aromatic N) is 2. The summed E-state index contributed by atoms with van der Waals surface area (Å²) in [5.74, 6) is 5.14. The van der Waals surface area contributed by atoms with Crippen molar-refractivity contribution in [2.45, 2.75) is 6.43 Å². The largest absolute Gasteiger partial charge is 0.307 e. The van der Waals surface area contributed by atoms with Gasteiger partial charge in [-0.1, -0.05) is 0 Å². The van der Waals surface area contributed by atoms with Crippen LogP contribution in [0.25, 0.3) is 0 Å². The molecule has 1 aromatic rings. The van der Waals surface area contributed by atoms with Gasteiger partial charge in [-0.2, -0.15) is 0 Å². The number of nitrogen functional groups attached to an aromatic ring is 1. The summed E-state index contributed by atoms with van der Waals surface area (Å²) in [6.45, 7) is 0. The second-order valence-electron chi connectivity index (χ2n) is 1.87. The average Bonchev–Trinajstić information content (AvgIpc) is 2.04. The Labute approximate surface area is 75.3 Å². The van der Waals surface area contributed by atoms with Crippen LogP contribution in [0.4, 0.5) is 14.6 Å². The van der Waals surface area contributed by atoms with Gasteiger partial charge >= 0.3 is 0 Å². The van der Waals surface area contributed by atoms with Crippen LogP contribution in [0.5, 0.6) is 0 Å². The summed E-state index contributed by atoms with van der Waals surface area (Å²) in [5, 5.41) is 0. The highest BCUT2D eigenvalue weighted by molar-refractivity contribution is 9.10. The lowest BCUT2D eigenvalue weighted by atomic mass is 10.4. The van der Waals surface area contributed by atoms with Gasteiger partial charge in [0.25, 0.3) is 6.43 Å². The fraction of sp³-hybridized carbons (Fsp3) is 0.200. The van der Waals surface area contributed by atoms with Gasteiger partial charge in [0.1, 0.15) is 12.0 Å². The van der Waals surface area contributed by atoms with E-state index in [-0.39, 0.29) is 16.0 Å². The molecule has 0 aliphatic rings. The molecule has 0 saturated heterocycles. The van der Waals surface area contributed by atoms with Crippen LogP contribution in [-0.2, 0) is 0 Å². The van der Waals surface area contributed by atoms with Gasteiger partial charge in [0.15, 0.2) is 5.82 Å². The third-order valence-corrected chi connectivity index (χ3v) is 1.94. The van der Waals surface area contributed by atoms with Gasteiger partial charge in [0.2, 0.25) is 0 Å². The van der Waals surface area contributed by atoms with Gasteiger partial charge in [-0.05, 0) is 15.9 Å². The fourth-order valence-electron chi connectivity index (χ4n) is 0.636. The van der Waals surface area contributed by atoms with Gasteiger partial charge in [-0.15, -0.1) is 0 Å². The van der Waals surface area contributed by atoms with Crippen molar-refractivity contribution < 1.29 is 8.78 Å². The molecule has 66 valence electrons. The van der Waals surface area contributed by atoms with Crippen LogP contribution in [0.2, 0.25) is 0 Å². The molecule has 12 heavy (non-hydrogen) atoms. The lowest BCUT2D eigenvalue weighted by Crippen LogP contribution is -2.10. The van der Waals surface area contributed by atoms with E-state index in [0.29, 0.717) is 0 Å². The van der Waals surface area contributed by atoms with E-state index in [9.17, 15) is 8.78 Å². The maximum Gasteiger partial charge on any atom is 0.281 e. The molecule has 4 nitrogen and oxygen atoms in total. The van der Waals surface area contributed by atoms with Gasteiger partial charge < -0.3 is 5.43 Å². The van der Waals surface area contributed by atoms with Crippen LogP contribution in [0.1, 0.15) is 12.1 Å². The molecule has 7 heteroatoms. The standard InChI is InChI=1S/C5H5BrF2N4/c6-2-3(4(7)8)10-1-11-5(2)12-9/h1,4H,9H2,(H,10,11,12). The number of anilines is 1. The Morgan fingerprint density at radius 1 is 1.50 bits per heavy atom. The van der Waals surface area contributed by atoms with E-state index in [1.807, 2.05) is 0 Å². The minimum absolute atomic E-state index is 0.0856. The predicted molar refractivity (Wildman–Crippen MR) is 42.5 cm³/mol. The molecule has 0 radical (unpaired) electrons. The lowest BCUT2D eigenvalue weighted by molar-refractivity contribution is 0.145. The van der Waals surface area contributed by atoms with Crippen molar-refractivity contribution in [2.24, 2.45) is 5.84 Å². The first-order valence-corrected chi connectivity index (χ1v) is 3.71. The summed E-state index contributed by atoms with van der Waals surface area (Å²) in [6.07, 6.45) is -1.63. The van der Waals surface area contributed by atoms with Crippen molar-refractivity contribution in [3.05, 3.63) is 16.5 Å². The molecule has 0 spiro atoms. The van der Waals surface area contributed by atoms with Crippen molar-refractivity contribution in [2.75, 3.05) is 5.43 Å². The van der Waals surface area contributed by atoms with Crippen molar-refractivity contribution >= 4 is 21.7 Å². The molecule has 1 heterocycles. The summed E-state index contributed by atoms with van der Waals surface area (Å²) in [7, 11) is 0. The number of aromatic nitrogens is 2. The molecular weight excluding hydrogens is 234 g/mol. The summed E-state index contributed by atoms with van der Waals surface area (Å²) in [5.41, 5.74) is 1.78. The van der Waals surface area contributed by atoms with E-state index >= 15 is 0 Å². The quantitative estimate of drug-likeness (QED) is 0.605. The first kappa shape index (κ1) is 9.27. The van der Waals surface area contributed by atoms with Crippen LogP contribution in [0, 0.1) is 0 Å². The summed E-state index contributed by atoms with van der Waals surface area (Å²) < 4.78 is 24.4. The smallest absolute Gasteiger partial charge is 0.281 e. The molecule has 0 aliphatic heterocycles. The number of nitrogens with two attached hydrogens (primary N) is 1. The molecule has 1 rings (SSSR count). The first-order valence-electron chi connectivity index (χ1n) is 2.92. The predicted octanol–water partition coefficient (Wildman–Crippen LogP) is 1.46. The zero-order valence-corrected chi connectivity index (χ0v) is 7.35. The van der Waals surface area contributed by atoms with E-state index in [1.54, 1.807) is 0 Å². The van der Waals surface area contributed by atoms with Gasteiger partial charge in [-0.3, -0.25) is 0 Å². The molecule has 1 aromatic heterocycles. The van der Waals surface area contributed by atoms with E-state index in [0.717, 1.165) is 6.33 Å². The van der Waals surface area contributed by atoms with Crippen molar-refractivity contribution in [1.82, 2.24) is 9.97 Å². The van der Waals surface area contributed by atoms with Gasteiger partial charge in [0, 0.05) is 0 Å². The summed E-state index contributed by atoms with van der Waals surface area (Å²) in [4.78, 5) is 7.00. The van der Waals surface area contributed by atoms with E-state index in [1.165, 1.54) is 0 Å². The molecule has 0 aromatic carbocycles. The number of rotatable bonds is 2. The van der Waals surface area contributed by atoms with Crippen molar-refractivity contribution in [1.29, 1.82) is 0 Å². The topological polar surface area (TPSA) is 63.8 Å². The van der Waals surface area contributed by atoms with Crippen molar-refractivity contribution in [3.63, 3.8) is 0 Å². The summed E-state index contributed by atoms with van der Waals surface area (Å²) in [6, 6.07) is 0. The Morgan fingerprint density at radius 3 is 2.67 bits per heavy atom. The molecule has 0 unspecified atom stereocenters. The molecule has 0 bridgehead atoms. The monoisotopic (exact) mass is 238 g/mol. The van der Waals surface area contributed by atoms with Gasteiger partial charge in [-0.25, -0.2) is 24.6 Å². The molecule has 0 atom stereocenters. The third kappa shape index (κ3) is 1.67. The number of hydrazine groups is 1. The Balaban J connectivity index is 3.14. The molecule has 0 saturated carbocycles. The number of nitrogens with one attached hydrogen (secondary N) is 1. The number of alkyl halides is 2. The highest BCUT2D eigenvalue weighted by Crippen LogP contribution is 2.28. The normalized spacial score (nSPS) is 10.4. The SMILES string of the molecule is NNc1ncnc(C(F)F)c1Br. The summed E-state index contributed by atoms with van der Waals surface area (Å²) >= 11 is 2.89. The molecule has 3 N–H and O–H groups in total. The maximum absolute atomic E-state index is 12.2. The van der Waals surface area contributed by atoms with Gasteiger partial charge in [0.05, 0.1) is 4.47 Å². The highest BCUT2D eigenvalue weighted by atomic mass is 79.9. The minimum atomic E-state index is -2.64. The first-order chi connectivity index (χ1) is 5.66. The van der Waals surface area contributed by atoms with Crippen LogP contribution in [0.3, 0.4) is 0 Å².